The monoisotopic (exact) mass is 1390 g/mol. The Morgan fingerprint density at radius 3 is 0.821 bits per heavy atom. The van der Waals surface area contributed by atoms with Crippen LogP contribution < -0.4 is 111 Å². The summed E-state index contributed by atoms with van der Waals surface area (Å²) >= 11 is 2.74. The average Bonchev–Trinajstić information content (AvgIpc) is 0.932. The van der Waals surface area contributed by atoms with Crippen molar-refractivity contribution >= 4 is 106 Å². The number of carbonyl (C=O) groups excluding carboxylic acids is 9. The van der Waals surface area contributed by atoms with Crippen LogP contribution >= 0.6 is 23.5 Å². The maximum absolute atomic E-state index is 14.7. The van der Waals surface area contributed by atoms with Crippen LogP contribution in [0, 0.1) is 11.8 Å². The molecule has 0 rings (SSSR count). The molecular weight excluding hydrogens is 1270 g/mol. The number of nitrogens with zero attached hydrogens (tertiary/aromatic N) is 4. The van der Waals surface area contributed by atoms with E-state index in [1.165, 1.54) is 23.5 Å². The van der Waals surface area contributed by atoms with Gasteiger partial charge in [-0.05, 0) is 165 Å². The van der Waals surface area contributed by atoms with E-state index in [0.29, 0.717) is 43.6 Å². The van der Waals surface area contributed by atoms with Gasteiger partial charge in [-0.3, -0.25) is 63.1 Å². The second kappa shape index (κ2) is 50.7. The highest BCUT2D eigenvalue weighted by Gasteiger charge is 2.36. The fraction of sp³-hybridized carbons (Fsp3) is 0.759. The Kier molecular flexibility index (Phi) is 46.7. The van der Waals surface area contributed by atoms with E-state index in [4.69, 9.17) is 63.1 Å². The van der Waals surface area contributed by atoms with Crippen molar-refractivity contribution in [2.75, 3.05) is 63.3 Å². The molecule has 0 bridgehead atoms. The molecule has 0 unspecified atom stereocenters. The standard InChI is InChI=1S/C58H114N24O11S2/c1-33(2)31-35(61)45(83)74-38(17-11-25-70-55(62)63)48(86)75-37(16-8-10-24-60)47(85)79-41(21-29-94-5)51(89)78-39(18-12-26-71-56(64)65)49(87)76-36(15-7-9-23-59)46(84)77-40(19-13-27-72-57(66)67)50(88)82-44(32-34(3)4)53(91)80-42(22-30-95-6)52(90)81-43(54(92)93)20-14-28-73-58(68)69/h33-44H,7-32,59-61H2,1-6H3,(H,74,83)(H,75,86)(H,76,87)(H,77,84)(H,78,89)(H,79,85)(H,80,91)(H,81,90)(H,82,88)(H,92,93)(H4,62,63,70)(H4,64,65,71)(H4,66,67,72)(H4,68,69,73)/t35-,36-,37-,38-,39-,40-,41-,42-,43-,44-/m0/s1. The molecule has 0 aromatic heterocycles. The minimum Gasteiger partial charge on any atom is -0.480 e. The van der Waals surface area contributed by atoms with Gasteiger partial charge in [0.2, 0.25) is 53.2 Å². The van der Waals surface area contributed by atoms with Gasteiger partial charge in [-0.15, -0.1) is 0 Å². The Hall–Kier alpha value is -7.64. The van der Waals surface area contributed by atoms with Gasteiger partial charge in [-0.2, -0.15) is 23.5 Å². The van der Waals surface area contributed by atoms with Crippen molar-refractivity contribution in [3.63, 3.8) is 0 Å². The van der Waals surface area contributed by atoms with E-state index in [2.05, 4.69) is 67.8 Å². The Bertz CT molecular complexity index is 2480. The van der Waals surface area contributed by atoms with E-state index in [-0.39, 0.29) is 158 Å². The lowest BCUT2D eigenvalue weighted by Gasteiger charge is -2.29. The minimum atomic E-state index is -1.40. The van der Waals surface area contributed by atoms with Gasteiger partial charge >= 0.3 is 5.97 Å². The van der Waals surface area contributed by atoms with Gasteiger partial charge < -0.3 is 116 Å². The molecule has 37 heteroatoms. The molecule has 0 aliphatic rings. The van der Waals surface area contributed by atoms with E-state index >= 15 is 0 Å². The van der Waals surface area contributed by atoms with Gasteiger partial charge in [0, 0.05) is 26.2 Å². The molecule has 0 saturated carbocycles. The van der Waals surface area contributed by atoms with Crippen LogP contribution in [0.2, 0.25) is 0 Å². The highest BCUT2D eigenvalue weighted by atomic mass is 32.2. The third-order valence-electron chi connectivity index (χ3n) is 14.3. The van der Waals surface area contributed by atoms with Crippen LogP contribution in [0.4, 0.5) is 0 Å². The number of nitrogens with one attached hydrogen (secondary N) is 9. The van der Waals surface area contributed by atoms with Crippen LogP contribution in [0.1, 0.15) is 143 Å². The summed E-state index contributed by atoms with van der Waals surface area (Å²) in [5.74, 6) is -8.51. The zero-order valence-electron chi connectivity index (χ0n) is 56.3. The molecule has 35 nitrogen and oxygen atoms in total. The van der Waals surface area contributed by atoms with Crippen molar-refractivity contribution in [3.05, 3.63) is 0 Å². The number of guanidine groups is 4. The first-order valence-corrected chi connectivity index (χ1v) is 35.0. The Balaban J connectivity index is 7.32. The van der Waals surface area contributed by atoms with Crippen LogP contribution in [0.5, 0.6) is 0 Å². The number of unbranched alkanes of at least 4 members (excludes halogenated alkanes) is 2. The topological polar surface area (TPSA) is 635 Å². The number of thioether (sulfide) groups is 2. The summed E-state index contributed by atoms with van der Waals surface area (Å²) in [6.45, 7) is 8.14. The first-order valence-electron chi connectivity index (χ1n) is 32.2. The first-order chi connectivity index (χ1) is 44.9. The summed E-state index contributed by atoms with van der Waals surface area (Å²) in [6.07, 6.45) is 6.25. The SMILES string of the molecule is CSCC[C@H](NC(=O)[C@H](CC(C)C)NC(=O)[C@H](CCCN=C(N)N)NC(=O)[C@H](CCCCN)NC(=O)[C@H](CCCN=C(N)N)NC(=O)[C@H](CCSC)NC(=O)[C@H](CCCCN)NC(=O)[C@H](CCCN=C(N)N)NC(=O)[C@@H](N)CC(C)C)C(=O)N[C@@H](CCCN=C(N)N)C(=O)O. The maximum atomic E-state index is 14.7. The third kappa shape index (κ3) is 41.0. The van der Waals surface area contributed by atoms with E-state index in [1.54, 1.807) is 26.4 Å². The molecule has 10 atom stereocenters. The number of aliphatic carboxylic acids is 1. The second-order valence-electron chi connectivity index (χ2n) is 23.7. The molecule has 0 heterocycles. The largest absolute Gasteiger partial charge is 0.480 e. The first kappa shape index (κ1) is 87.4. The summed E-state index contributed by atoms with van der Waals surface area (Å²) in [6, 6.07) is -12.7. The Labute approximate surface area is 566 Å². The molecule has 0 radical (unpaired) electrons. The van der Waals surface area contributed by atoms with Gasteiger partial charge in [0.05, 0.1) is 6.04 Å². The number of aliphatic imine (C=N–C) groups is 4. The van der Waals surface area contributed by atoms with Crippen molar-refractivity contribution in [2.24, 2.45) is 94.9 Å². The van der Waals surface area contributed by atoms with Crippen molar-refractivity contribution < 1.29 is 53.1 Å². The molecule has 0 fully saturated rings. The van der Waals surface area contributed by atoms with Crippen LogP contribution in [-0.4, -0.2) is 212 Å². The number of amides is 9. The number of carboxylic acids is 1. The zero-order valence-corrected chi connectivity index (χ0v) is 57.9. The molecular formula is C58H114N24O11S2. The van der Waals surface area contributed by atoms with Crippen molar-refractivity contribution in [2.45, 2.75) is 204 Å². The fourth-order valence-corrected chi connectivity index (χ4v) is 10.3. The van der Waals surface area contributed by atoms with E-state index in [1.807, 2.05) is 13.8 Å². The van der Waals surface area contributed by atoms with Crippen LogP contribution in [0.3, 0.4) is 0 Å². The lowest BCUT2D eigenvalue weighted by Crippen LogP contribution is -2.60. The summed E-state index contributed by atoms with van der Waals surface area (Å²) in [7, 11) is 0. The lowest BCUT2D eigenvalue weighted by molar-refractivity contribution is -0.142. The predicted octanol–water partition coefficient (Wildman–Crippen LogP) is -5.17. The molecule has 0 aromatic carbocycles. The highest BCUT2D eigenvalue weighted by Crippen LogP contribution is 2.14. The maximum Gasteiger partial charge on any atom is 0.326 e. The normalized spacial score (nSPS) is 14.2. The van der Waals surface area contributed by atoms with Gasteiger partial charge in [-0.25, -0.2) is 4.79 Å². The molecule has 9 amide bonds. The molecule has 95 heavy (non-hydrogen) atoms. The average molecular weight is 1390 g/mol. The number of carboxylic acid groups (broad SMARTS) is 1. The number of hydrogen-bond acceptors (Lipinski definition) is 19. The summed E-state index contributed by atoms with van der Waals surface area (Å²) in [4.78, 5) is 156. The van der Waals surface area contributed by atoms with Crippen LogP contribution in [0.25, 0.3) is 0 Å². The van der Waals surface area contributed by atoms with Crippen molar-refractivity contribution in [1.82, 2.24) is 47.9 Å². The Morgan fingerprint density at radius 2 is 0.568 bits per heavy atom. The quantitative estimate of drug-likeness (QED) is 0.0154. The van der Waals surface area contributed by atoms with Crippen molar-refractivity contribution in [3.8, 4) is 0 Å². The number of rotatable bonds is 53. The second-order valence-corrected chi connectivity index (χ2v) is 25.7. The fourth-order valence-electron chi connectivity index (χ4n) is 9.39. The molecule has 544 valence electrons. The molecule has 0 aliphatic heterocycles. The van der Waals surface area contributed by atoms with E-state index in [9.17, 15) is 53.1 Å². The van der Waals surface area contributed by atoms with Crippen molar-refractivity contribution in [1.29, 1.82) is 0 Å². The molecule has 0 spiro atoms. The smallest absolute Gasteiger partial charge is 0.326 e. The minimum absolute atomic E-state index is 0.0160. The molecule has 0 saturated heterocycles. The highest BCUT2D eigenvalue weighted by molar-refractivity contribution is 7.98. The van der Waals surface area contributed by atoms with Crippen LogP contribution in [-0.2, 0) is 47.9 Å². The molecule has 32 N–H and O–H groups in total. The third-order valence-corrected chi connectivity index (χ3v) is 15.6. The van der Waals surface area contributed by atoms with Gasteiger partial charge in [-0.1, -0.05) is 27.7 Å². The van der Waals surface area contributed by atoms with Crippen LogP contribution in [0.15, 0.2) is 20.0 Å². The summed E-state index contributed by atoms with van der Waals surface area (Å²) in [5, 5.41) is 34.3. The van der Waals surface area contributed by atoms with Gasteiger partial charge in [0.1, 0.15) is 54.4 Å². The zero-order chi connectivity index (χ0) is 72.0. The molecule has 0 aromatic rings. The number of nitrogens with two attached hydrogens (primary N) is 11. The molecule has 0 aliphatic carbocycles. The van der Waals surface area contributed by atoms with E-state index < -0.39 is 120 Å². The Morgan fingerprint density at radius 1 is 0.337 bits per heavy atom. The lowest BCUT2D eigenvalue weighted by atomic mass is 10.0. The summed E-state index contributed by atoms with van der Waals surface area (Å²) in [5.41, 5.74) is 62.1. The summed E-state index contributed by atoms with van der Waals surface area (Å²) < 4.78 is 0. The predicted molar refractivity (Wildman–Crippen MR) is 373 cm³/mol. The van der Waals surface area contributed by atoms with E-state index in [0.717, 1.165) is 0 Å². The van der Waals surface area contributed by atoms with Gasteiger partial charge in [0.15, 0.2) is 23.8 Å². The number of hydrogen-bond donors (Lipinski definition) is 21. The van der Waals surface area contributed by atoms with Gasteiger partial charge in [0.25, 0.3) is 0 Å². The number of carbonyl (C=O) groups is 10.